The number of rotatable bonds is 7. The van der Waals surface area contributed by atoms with Crippen LogP contribution in [-0.2, 0) is 4.74 Å². The van der Waals surface area contributed by atoms with Gasteiger partial charge in [-0.05, 0) is 25.0 Å². The molecule has 0 fully saturated rings. The fourth-order valence-electron chi connectivity index (χ4n) is 1.60. The van der Waals surface area contributed by atoms with Gasteiger partial charge in [-0.1, -0.05) is 13.8 Å². The van der Waals surface area contributed by atoms with Crippen molar-refractivity contribution in [1.29, 1.82) is 0 Å². The average molecular weight is 265 g/mol. The second-order valence-corrected chi connectivity index (χ2v) is 4.66. The van der Waals surface area contributed by atoms with Crippen molar-refractivity contribution in [2.75, 3.05) is 25.6 Å². The van der Waals surface area contributed by atoms with Crippen LogP contribution >= 0.6 is 0 Å². The zero-order valence-electron chi connectivity index (χ0n) is 12.1. The van der Waals surface area contributed by atoms with E-state index in [1.165, 1.54) is 0 Å². The fraction of sp³-hybridized carbons (Fsp3) is 0.571. The molecule has 2 N–H and O–H groups in total. The molecule has 0 aliphatic heterocycles. The van der Waals surface area contributed by atoms with Crippen molar-refractivity contribution < 1.29 is 9.53 Å². The number of amides is 1. The summed E-state index contributed by atoms with van der Waals surface area (Å²) in [6.07, 6.45) is 1.62. The maximum absolute atomic E-state index is 12.1. The Morgan fingerprint density at radius 1 is 1.47 bits per heavy atom. The molecule has 0 aromatic carbocycles. The molecule has 1 aromatic heterocycles. The van der Waals surface area contributed by atoms with Crippen LogP contribution in [0.5, 0.6) is 0 Å². The van der Waals surface area contributed by atoms with Crippen molar-refractivity contribution in [3.05, 3.63) is 24.0 Å². The Hall–Kier alpha value is -1.62. The van der Waals surface area contributed by atoms with Gasteiger partial charge >= 0.3 is 0 Å². The summed E-state index contributed by atoms with van der Waals surface area (Å²) in [5.41, 5.74) is 1.28. The van der Waals surface area contributed by atoms with Gasteiger partial charge in [0.1, 0.15) is 5.69 Å². The number of aromatic nitrogens is 1. The SMILES string of the molecule is CCOCC(NC(=O)c1cc(NC)ccn1)C(C)C. The Bertz CT molecular complexity index is 407. The topological polar surface area (TPSA) is 63.2 Å². The molecule has 0 saturated heterocycles. The highest BCUT2D eigenvalue weighted by atomic mass is 16.5. The molecule has 0 aliphatic carbocycles. The summed E-state index contributed by atoms with van der Waals surface area (Å²) in [4.78, 5) is 16.2. The molecule has 106 valence electrons. The molecule has 5 nitrogen and oxygen atoms in total. The predicted octanol–water partition coefficient (Wildman–Crippen LogP) is 1.91. The maximum Gasteiger partial charge on any atom is 0.270 e. The Balaban J connectivity index is 2.69. The van der Waals surface area contributed by atoms with Crippen LogP contribution in [0.2, 0.25) is 0 Å². The molecule has 0 spiro atoms. The highest BCUT2D eigenvalue weighted by molar-refractivity contribution is 5.93. The third kappa shape index (κ3) is 4.87. The van der Waals surface area contributed by atoms with E-state index in [1.807, 2.05) is 20.0 Å². The number of pyridine rings is 1. The Kier molecular flexibility index (Phi) is 6.29. The highest BCUT2D eigenvalue weighted by Gasteiger charge is 2.18. The molecule has 1 aromatic rings. The molecule has 19 heavy (non-hydrogen) atoms. The van der Waals surface area contributed by atoms with E-state index in [9.17, 15) is 4.79 Å². The molecule has 0 radical (unpaired) electrons. The average Bonchev–Trinajstić information content (AvgIpc) is 2.42. The minimum absolute atomic E-state index is 0.00695. The monoisotopic (exact) mass is 265 g/mol. The van der Waals surface area contributed by atoms with Gasteiger partial charge in [0, 0.05) is 25.5 Å². The van der Waals surface area contributed by atoms with Gasteiger partial charge in [0.2, 0.25) is 0 Å². The lowest BCUT2D eigenvalue weighted by Gasteiger charge is -2.22. The summed E-state index contributed by atoms with van der Waals surface area (Å²) in [5.74, 6) is 0.137. The molecule has 0 saturated carbocycles. The summed E-state index contributed by atoms with van der Waals surface area (Å²) in [5, 5.41) is 5.95. The molecule has 5 heteroatoms. The highest BCUT2D eigenvalue weighted by Crippen LogP contribution is 2.08. The van der Waals surface area contributed by atoms with Gasteiger partial charge in [0.05, 0.1) is 12.6 Å². The summed E-state index contributed by atoms with van der Waals surface area (Å²) in [7, 11) is 1.81. The summed E-state index contributed by atoms with van der Waals surface area (Å²) >= 11 is 0. The third-order valence-electron chi connectivity index (χ3n) is 2.90. The van der Waals surface area contributed by atoms with E-state index in [1.54, 1.807) is 12.3 Å². The van der Waals surface area contributed by atoms with Gasteiger partial charge in [0.15, 0.2) is 0 Å². The number of nitrogens with zero attached hydrogens (tertiary/aromatic N) is 1. The lowest BCUT2D eigenvalue weighted by Crippen LogP contribution is -2.42. The second-order valence-electron chi connectivity index (χ2n) is 4.66. The molecule has 1 rings (SSSR count). The first-order valence-electron chi connectivity index (χ1n) is 6.60. The van der Waals surface area contributed by atoms with Gasteiger partial charge in [-0.15, -0.1) is 0 Å². The summed E-state index contributed by atoms with van der Waals surface area (Å²) in [6, 6.07) is 3.54. The fourth-order valence-corrected chi connectivity index (χ4v) is 1.60. The van der Waals surface area contributed by atoms with E-state index in [4.69, 9.17) is 4.74 Å². The minimum atomic E-state index is -0.171. The first-order chi connectivity index (χ1) is 9.08. The predicted molar refractivity (Wildman–Crippen MR) is 76.4 cm³/mol. The zero-order chi connectivity index (χ0) is 14.3. The summed E-state index contributed by atoms with van der Waals surface area (Å²) < 4.78 is 5.39. The third-order valence-corrected chi connectivity index (χ3v) is 2.90. The number of anilines is 1. The molecule has 1 amide bonds. The number of carbonyl (C=O) groups is 1. The number of hydrogen-bond acceptors (Lipinski definition) is 4. The van der Waals surface area contributed by atoms with Gasteiger partial charge in [-0.2, -0.15) is 0 Å². The van der Waals surface area contributed by atoms with Gasteiger partial charge in [-0.3, -0.25) is 9.78 Å². The normalized spacial score (nSPS) is 12.3. The van der Waals surface area contributed by atoms with Crippen molar-refractivity contribution >= 4 is 11.6 Å². The van der Waals surface area contributed by atoms with Gasteiger partial charge in [-0.25, -0.2) is 0 Å². The molecule has 1 heterocycles. The maximum atomic E-state index is 12.1. The molecule has 0 aliphatic rings. The molecule has 1 atom stereocenters. The van der Waals surface area contributed by atoms with Crippen molar-refractivity contribution in [2.45, 2.75) is 26.8 Å². The van der Waals surface area contributed by atoms with Crippen molar-refractivity contribution in [1.82, 2.24) is 10.3 Å². The Labute approximate surface area is 114 Å². The van der Waals surface area contributed by atoms with E-state index < -0.39 is 0 Å². The van der Waals surface area contributed by atoms with E-state index in [0.29, 0.717) is 24.8 Å². The lowest BCUT2D eigenvalue weighted by atomic mass is 10.1. The first-order valence-corrected chi connectivity index (χ1v) is 6.60. The van der Waals surface area contributed by atoms with E-state index in [2.05, 4.69) is 29.5 Å². The Morgan fingerprint density at radius 3 is 2.79 bits per heavy atom. The smallest absolute Gasteiger partial charge is 0.270 e. The van der Waals surface area contributed by atoms with Crippen LogP contribution in [0.15, 0.2) is 18.3 Å². The number of carbonyl (C=O) groups excluding carboxylic acids is 1. The molecular weight excluding hydrogens is 242 g/mol. The Morgan fingerprint density at radius 2 is 2.21 bits per heavy atom. The minimum Gasteiger partial charge on any atom is -0.388 e. The van der Waals surface area contributed by atoms with Crippen LogP contribution in [0.4, 0.5) is 5.69 Å². The first kappa shape index (κ1) is 15.4. The van der Waals surface area contributed by atoms with Crippen LogP contribution < -0.4 is 10.6 Å². The summed E-state index contributed by atoms with van der Waals surface area (Å²) in [6.45, 7) is 7.22. The number of nitrogens with one attached hydrogen (secondary N) is 2. The lowest BCUT2D eigenvalue weighted by molar-refractivity contribution is 0.0802. The number of ether oxygens (including phenoxy) is 1. The van der Waals surface area contributed by atoms with Crippen LogP contribution in [0, 0.1) is 5.92 Å². The molecular formula is C14H23N3O2. The van der Waals surface area contributed by atoms with Gasteiger partial charge in [0.25, 0.3) is 5.91 Å². The van der Waals surface area contributed by atoms with Crippen LogP contribution in [0.3, 0.4) is 0 Å². The second kappa shape index (κ2) is 7.74. The van der Waals surface area contributed by atoms with Crippen LogP contribution in [0.25, 0.3) is 0 Å². The van der Waals surface area contributed by atoms with Crippen molar-refractivity contribution in [3.8, 4) is 0 Å². The zero-order valence-corrected chi connectivity index (χ0v) is 12.1. The van der Waals surface area contributed by atoms with Crippen LogP contribution in [-0.4, -0.2) is 37.2 Å². The van der Waals surface area contributed by atoms with Crippen molar-refractivity contribution in [2.24, 2.45) is 5.92 Å². The quantitative estimate of drug-likeness (QED) is 0.790. The standard InChI is InChI=1S/C14H23N3O2/c1-5-19-9-13(10(2)3)17-14(18)12-8-11(15-4)6-7-16-12/h6-8,10,13H,5,9H2,1-4H3,(H,15,16)(H,17,18). The molecule has 1 unspecified atom stereocenters. The van der Waals surface area contributed by atoms with Crippen molar-refractivity contribution in [3.63, 3.8) is 0 Å². The number of hydrogen-bond donors (Lipinski definition) is 2. The van der Waals surface area contributed by atoms with E-state index in [0.717, 1.165) is 5.69 Å². The van der Waals surface area contributed by atoms with Gasteiger partial charge < -0.3 is 15.4 Å². The van der Waals surface area contributed by atoms with E-state index >= 15 is 0 Å². The van der Waals surface area contributed by atoms with Crippen LogP contribution in [0.1, 0.15) is 31.3 Å². The largest absolute Gasteiger partial charge is 0.388 e. The van der Waals surface area contributed by atoms with E-state index in [-0.39, 0.29) is 11.9 Å². The molecule has 0 bridgehead atoms.